The average molecular weight is 293 g/mol. The van der Waals surface area contributed by atoms with Crippen LogP contribution in [0.3, 0.4) is 0 Å². The van der Waals surface area contributed by atoms with E-state index in [-0.39, 0.29) is 0 Å². The fraction of sp³-hybridized carbons (Fsp3) is 0. The van der Waals surface area contributed by atoms with Gasteiger partial charge >= 0.3 is 0 Å². The molecule has 0 fully saturated rings. The van der Waals surface area contributed by atoms with Gasteiger partial charge in [-0.15, -0.1) is 0 Å². The molecule has 0 bridgehead atoms. The number of allylic oxidation sites excluding steroid dienone is 8. The Bertz CT molecular complexity index is 310. The molecule has 0 unspecified atom stereocenters. The van der Waals surface area contributed by atoms with E-state index >= 15 is 0 Å². The third-order valence-electron chi connectivity index (χ3n) is 1.29. The Hall–Kier alpha value is -0.350. The summed E-state index contributed by atoms with van der Waals surface area (Å²) in [5, 5.41) is -0.429. The van der Waals surface area contributed by atoms with E-state index in [9.17, 15) is 4.79 Å². The molecule has 0 atom stereocenters. The topological polar surface area (TPSA) is 17.1 Å². The maximum Gasteiger partial charge on any atom is 0.252 e. The Morgan fingerprint density at radius 3 is 2.58 bits per heavy atom. The van der Waals surface area contributed by atoms with Gasteiger partial charge in [0.25, 0.3) is 5.24 Å². The molecule has 0 aromatic carbocycles. The van der Waals surface area contributed by atoms with Gasteiger partial charge in [0.2, 0.25) is 0 Å². The van der Waals surface area contributed by atoms with Crippen LogP contribution in [-0.4, -0.2) is 5.24 Å². The fourth-order valence-corrected chi connectivity index (χ4v) is 1.27. The van der Waals surface area contributed by atoms with Gasteiger partial charge in [-0.25, -0.2) is 0 Å². The third kappa shape index (κ3) is 2.95. The second-order valence-electron chi connectivity index (χ2n) is 2.17. The zero-order chi connectivity index (χ0) is 8.97. The number of rotatable bonds is 1. The Labute approximate surface area is 89.6 Å². The van der Waals surface area contributed by atoms with Crippen molar-refractivity contribution in [2.75, 3.05) is 0 Å². The van der Waals surface area contributed by atoms with Gasteiger partial charge in [-0.1, -0.05) is 24.3 Å². The molecule has 0 aliphatic heterocycles. The van der Waals surface area contributed by atoms with Crippen molar-refractivity contribution in [3.05, 3.63) is 45.6 Å². The van der Waals surface area contributed by atoms with Crippen molar-refractivity contribution in [1.29, 1.82) is 0 Å². The van der Waals surface area contributed by atoms with Crippen molar-refractivity contribution < 1.29 is 4.79 Å². The van der Waals surface area contributed by atoms with E-state index in [1.807, 2.05) is 12.2 Å². The molecular formula is C9H6ClIO. The largest absolute Gasteiger partial charge is 0.276 e. The first-order chi connectivity index (χ1) is 5.70. The Morgan fingerprint density at radius 1 is 1.25 bits per heavy atom. The molecule has 0 N–H and O–H groups in total. The zero-order valence-corrected chi connectivity index (χ0v) is 9.04. The van der Waals surface area contributed by atoms with Gasteiger partial charge in [0.05, 0.1) is 0 Å². The van der Waals surface area contributed by atoms with Crippen molar-refractivity contribution in [3.63, 3.8) is 0 Å². The van der Waals surface area contributed by atoms with Gasteiger partial charge in [-0.2, -0.15) is 0 Å². The molecule has 1 nitrogen and oxygen atoms in total. The molecule has 0 heterocycles. The molecule has 0 saturated carbocycles. The quantitative estimate of drug-likeness (QED) is 0.536. The number of carbonyl (C=O) groups is 1. The summed E-state index contributed by atoms with van der Waals surface area (Å²) in [5.41, 5.74) is 0.507. The monoisotopic (exact) mass is 292 g/mol. The third-order valence-corrected chi connectivity index (χ3v) is 2.23. The van der Waals surface area contributed by atoms with Crippen LogP contribution in [-0.2, 0) is 4.79 Å². The number of halogens is 2. The molecule has 1 aliphatic rings. The molecule has 1 aliphatic carbocycles. The van der Waals surface area contributed by atoms with Crippen molar-refractivity contribution in [2.45, 2.75) is 0 Å². The lowest BCUT2D eigenvalue weighted by molar-refractivity contribution is -0.108. The highest BCUT2D eigenvalue weighted by molar-refractivity contribution is 14.1. The zero-order valence-electron chi connectivity index (χ0n) is 6.13. The predicted octanol–water partition coefficient (Wildman–Crippen LogP) is 3.12. The van der Waals surface area contributed by atoms with Crippen LogP contribution in [0.1, 0.15) is 0 Å². The second-order valence-corrected chi connectivity index (χ2v) is 3.75. The molecule has 0 amide bonds. The van der Waals surface area contributed by atoms with Crippen LogP contribution in [0, 0.1) is 0 Å². The fourth-order valence-electron chi connectivity index (χ4n) is 0.730. The molecule has 12 heavy (non-hydrogen) atoms. The summed E-state index contributed by atoms with van der Waals surface area (Å²) < 4.78 is 1.11. The number of hydrogen-bond acceptors (Lipinski definition) is 1. The highest BCUT2D eigenvalue weighted by atomic mass is 127. The lowest BCUT2D eigenvalue weighted by atomic mass is 10.2. The summed E-state index contributed by atoms with van der Waals surface area (Å²) >= 11 is 7.50. The molecule has 0 saturated heterocycles. The normalized spacial score (nSPS) is 23.2. The maximum atomic E-state index is 10.7. The lowest BCUT2D eigenvalue weighted by Crippen LogP contribution is -1.88. The van der Waals surface area contributed by atoms with Gasteiger partial charge in [-0.3, -0.25) is 4.79 Å². The Morgan fingerprint density at radius 2 is 1.92 bits per heavy atom. The van der Waals surface area contributed by atoms with E-state index in [4.69, 9.17) is 11.6 Å². The van der Waals surface area contributed by atoms with Crippen molar-refractivity contribution in [3.8, 4) is 0 Å². The Balaban J connectivity index is 2.91. The SMILES string of the molecule is O=C(Cl)C1=C/C=C\C(I)=C/C=C1. The first kappa shape index (κ1) is 9.74. The minimum Gasteiger partial charge on any atom is -0.276 e. The molecule has 62 valence electrons. The standard InChI is InChI=1S/C9H6ClIO/c10-9(12)7-3-1-5-8(11)6-2-4-7/h1-6H/b3-1?,4-2?,5-1-,6-2?,7-3?,7-4?,8-5?,8-6+. The highest BCUT2D eigenvalue weighted by Gasteiger charge is 2.00. The maximum absolute atomic E-state index is 10.7. The van der Waals surface area contributed by atoms with E-state index in [2.05, 4.69) is 22.6 Å². The molecule has 0 aromatic heterocycles. The predicted molar refractivity (Wildman–Crippen MR) is 59.3 cm³/mol. The van der Waals surface area contributed by atoms with Crippen LogP contribution in [0.4, 0.5) is 0 Å². The highest BCUT2D eigenvalue weighted by Crippen LogP contribution is 2.12. The van der Waals surface area contributed by atoms with E-state index in [1.165, 1.54) is 0 Å². The van der Waals surface area contributed by atoms with E-state index in [0.29, 0.717) is 5.57 Å². The summed E-state index contributed by atoms with van der Waals surface area (Å²) in [6.07, 6.45) is 10.8. The number of carbonyl (C=O) groups excluding carboxylic acids is 1. The summed E-state index contributed by atoms with van der Waals surface area (Å²) in [7, 11) is 0. The first-order valence-electron chi connectivity index (χ1n) is 3.32. The van der Waals surface area contributed by atoms with Gasteiger partial charge in [-0.05, 0) is 46.3 Å². The lowest BCUT2D eigenvalue weighted by Gasteiger charge is -1.94. The van der Waals surface area contributed by atoms with Crippen molar-refractivity contribution in [2.24, 2.45) is 0 Å². The van der Waals surface area contributed by atoms with Crippen LogP contribution in [0.15, 0.2) is 45.6 Å². The summed E-state index contributed by atoms with van der Waals surface area (Å²) in [4.78, 5) is 10.7. The van der Waals surface area contributed by atoms with Gasteiger partial charge in [0.15, 0.2) is 0 Å². The van der Waals surface area contributed by atoms with E-state index in [1.54, 1.807) is 24.3 Å². The first-order valence-corrected chi connectivity index (χ1v) is 4.78. The number of hydrogen-bond donors (Lipinski definition) is 0. The van der Waals surface area contributed by atoms with Gasteiger partial charge < -0.3 is 0 Å². The van der Waals surface area contributed by atoms with E-state index in [0.717, 1.165) is 3.58 Å². The van der Waals surface area contributed by atoms with Gasteiger partial charge in [0, 0.05) is 9.15 Å². The van der Waals surface area contributed by atoms with Crippen LogP contribution in [0.5, 0.6) is 0 Å². The van der Waals surface area contributed by atoms with Gasteiger partial charge in [0.1, 0.15) is 0 Å². The minimum absolute atomic E-state index is 0.429. The molecule has 0 radical (unpaired) electrons. The Kier molecular flexibility index (Phi) is 3.75. The molecule has 1 rings (SSSR count). The van der Waals surface area contributed by atoms with Crippen molar-refractivity contribution in [1.82, 2.24) is 0 Å². The summed E-state index contributed by atoms with van der Waals surface area (Å²) in [6.45, 7) is 0. The van der Waals surface area contributed by atoms with Crippen LogP contribution < -0.4 is 0 Å². The average Bonchev–Trinajstić information content (AvgIpc) is 1.95. The van der Waals surface area contributed by atoms with Crippen LogP contribution in [0.2, 0.25) is 0 Å². The second kappa shape index (κ2) is 4.62. The molecular weight excluding hydrogens is 286 g/mol. The molecule has 3 heteroatoms. The smallest absolute Gasteiger partial charge is 0.252 e. The van der Waals surface area contributed by atoms with Crippen molar-refractivity contribution >= 4 is 39.4 Å². The van der Waals surface area contributed by atoms with Crippen LogP contribution >= 0.6 is 34.2 Å². The van der Waals surface area contributed by atoms with E-state index < -0.39 is 5.24 Å². The van der Waals surface area contributed by atoms with Crippen LogP contribution in [0.25, 0.3) is 0 Å². The molecule has 0 spiro atoms. The summed E-state index contributed by atoms with van der Waals surface area (Å²) in [6, 6.07) is 0. The molecule has 0 aromatic rings. The summed E-state index contributed by atoms with van der Waals surface area (Å²) in [5.74, 6) is 0. The minimum atomic E-state index is -0.429.